The molecule has 0 aromatic heterocycles. The van der Waals surface area contributed by atoms with Crippen LogP contribution in [0.4, 0.5) is 4.79 Å². The maximum atomic E-state index is 12.4. The van der Waals surface area contributed by atoms with Crippen LogP contribution in [0.15, 0.2) is 48.5 Å². The van der Waals surface area contributed by atoms with Gasteiger partial charge in [-0.1, -0.05) is 43.3 Å². The number of urea groups is 1. The van der Waals surface area contributed by atoms with E-state index in [1.807, 2.05) is 43.3 Å². The molecule has 0 saturated carbocycles. The summed E-state index contributed by atoms with van der Waals surface area (Å²) >= 11 is 0. The highest BCUT2D eigenvalue weighted by Gasteiger charge is 2.51. The molecule has 1 heterocycles. The highest BCUT2D eigenvalue weighted by Crippen LogP contribution is 2.40. The molecule has 1 aliphatic rings. The quantitative estimate of drug-likeness (QED) is 0.751. The molecule has 3 atom stereocenters. The van der Waals surface area contributed by atoms with Crippen molar-refractivity contribution in [2.45, 2.75) is 31.3 Å². The number of likely N-dealkylation sites (tertiary alicyclic amines) is 1. The predicted molar refractivity (Wildman–Crippen MR) is 118 cm³/mol. The normalized spacial score (nSPS) is 19.8. The van der Waals surface area contributed by atoms with E-state index in [4.69, 9.17) is 0 Å². The number of amides is 3. The van der Waals surface area contributed by atoms with Gasteiger partial charge in [-0.15, -0.1) is 0 Å². The van der Waals surface area contributed by atoms with Gasteiger partial charge in [-0.2, -0.15) is 5.26 Å². The van der Waals surface area contributed by atoms with Crippen LogP contribution in [0.2, 0.25) is 0 Å². The average molecular weight is 421 g/mol. The zero-order valence-corrected chi connectivity index (χ0v) is 18.1. The monoisotopic (exact) mass is 420 g/mol. The first kappa shape index (κ1) is 22.3. The number of hydrogen-bond donors (Lipinski definition) is 2. The van der Waals surface area contributed by atoms with Gasteiger partial charge in [-0.05, 0) is 35.2 Å². The van der Waals surface area contributed by atoms with Crippen LogP contribution in [0.1, 0.15) is 35.2 Å². The number of benzene rings is 2. The van der Waals surface area contributed by atoms with E-state index in [1.54, 1.807) is 26.2 Å². The molecule has 7 nitrogen and oxygen atoms in total. The summed E-state index contributed by atoms with van der Waals surface area (Å²) in [6.07, 6.45) is 0.801. The lowest BCUT2D eigenvalue weighted by atomic mass is 9.76. The molecule has 31 heavy (non-hydrogen) atoms. The summed E-state index contributed by atoms with van der Waals surface area (Å²) in [7, 11) is 3.44. The van der Waals surface area contributed by atoms with Gasteiger partial charge in [-0.3, -0.25) is 4.79 Å². The number of carbonyl (C=O) groups is 2. The van der Waals surface area contributed by atoms with Crippen molar-refractivity contribution in [1.82, 2.24) is 15.1 Å². The van der Waals surface area contributed by atoms with Crippen molar-refractivity contribution in [3.63, 3.8) is 0 Å². The van der Waals surface area contributed by atoms with Crippen molar-refractivity contribution < 1.29 is 14.7 Å². The molecular weight excluding hydrogens is 392 g/mol. The molecule has 2 aromatic rings. The van der Waals surface area contributed by atoms with Crippen molar-refractivity contribution in [1.29, 1.82) is 5.26 Å². The molecule has 3 amide bonds. The number of aliphatic hydroxyl groups is 1. The lowest BCUT2D eigenvalue weighted by Gasteiger charge is -2.51. The Kier molecular flexibility index (Phi) is 6.93. The topological polar surface area (TPSA) is 96.7 Å². The third-order valence-electron chi connectivity index (χ3n) is 5.66. The van der Waals surface area contributed by atoms with Gasteiger partial charge in [-0.25, -0.2) is 4.79 Å². The second-order valence-electron chi connectivity index (χ2n) is 7.89. The van der Waals surface area contributed by atoms with Crippen LogP contribution in [0.5, 0.6) is 0 Å². The minimum atomic E-state index is -0.615. The van der Waals surface area contributed by atoms with E-state index in [-0.39, 0.29) is 24.5 Å². The van der Waals surface area contributed by atoms with Crippen molar-refractivity contribution in [2.75, 3.05) is 27.2 Å². The maximum Gasteiger partial charge on any atom is 0.318 e. The Hall–Kier alpha value is -3.37. The molecule has 0 spiro atoms. The fraction of sp³-hybridized carbons (Fsp3) is 0.375. The van der Waals surface area contributed by atoms with Crippen LogP contribution in [-0.2, 0) is 0 Å². The fourth-order valence-corrected chi connectivity index (χ4v) is 3.97. The fourth-order valence-electron chi connectivity index (χ4n) is 3.97. The van der Waals surface area contributed by atoms with E-state index in [0.29, 0.717) is 12.1 Å². The number of carbonyl (C=O) groups excluding carboxylic acids is 2. The molecular formula is C24H28N4O3. The number of nitriles is 1. The van der Waals surface area contributed by atoms with Crippen molar-refractivity contribution in [3.05, 3.63) is 59.7 Å². The van der Waals surface area contributed by atoms with Crippen molar-refractivity contribution >= 4 is 11.9 Å². The number of rotatable bonds is 6. The average Bonchev–Trinajstić information content (AvgIpc) is 2.77. The summed E-state index contributed by atoms with van der Waals surface area (Å²) in [5.41, 5.74) is 3.50. The van der Waals surface area contributed by atoms with Crippen LogP contribution in [0.3, 0.4) is 0 Å². The first-order valence-electron chi connectivity index (χ1n) is 10.4. The minimum absolute atomic E-state index is 0.0444. The van der Waals surface area contributed by atoms with E-state index in [2.05, 4.69) is 11.4 Å². The summed E-state index contributed by atoms with van der Waals surface area (Å²) in [6, 6.07) is 16.1. The standard InChI is InChI=1S/C24H28N4O3/c1-4-13-26-24(31)28-20(14-25)22(21(28)15-29)18-9-5-16(6-10-18)17-7-11-19(12-8-17)23(30)27(2)3/h5-12,20-22,29H,4,13,15H2,1-3H3,(H,26,31)/t20-,21+,22+/m1/s1. The molecule has 0 bridgehead atoms. The third kappa shape index (κ3) is 4.39. The second-order valence-corrected chi connectivity index (χ2v) is 7.89. The van der Waals surface area contributed by atoms with Crippen molar-refractivity contribution in [2.24, 2.45) is 0 Å². The predicted octanol–water partition coefficient (Wildman–Crippen LogP) is 2.83. The van der Waals surface area contributed by atoms with Gasteiger partial charge in [0, 0.05) is 32.1 Å². The third-order valence-corrected chi connectivity index (χ3v) is 5.66. The Bertz CT molecular complexity index is 964. The van der Waals surface area contributed by atoms with E-state index >= 15 is 0 Å². The van der Waals surface area contributed by atoms with Gasteiger partial charge >= 0.3 is 6.03 Å². The van der Waals surface area contributed by atoms with Gasteiger partial charge in [0.05, 0.1) is 18.7 Å². The Morgan fingerprint density at radius 2 is 1.68 bits per heavy atom. The number of hydrogen-bond acceptors (Lipinski definition) is 4. The smallest absolute Gasteiger partial charge is 0.318 e. The van der Waals surface area contributed by atoms with Crippen molar-refractivity contribution in [3.8, 4) is 17.2 Å². The summed E-state index contributed by atoms with van der Waals surface area (Å²) in [5, 5.41) is 22.3. The van der Waals surface area contributed by atoms with Gasteiger partial charge in [0.15, 0.2) is 0 Å². The second kappa shape index (κ2) is 9.63. The summed E-state index contributed by atoms with van der Waals surface area (Å²) in [5.74, 6) is -0.284. The first-order chi connectivity index (χ1) is 14.9. The lowest BCUT2D eigenvalue weighted by molar-refractivity contribution is 0.0169. The minimum Gasteiger partial charge on any atom is -0.394 e. The Labute approximate surface area is 182 Å². The molecule has 1 fully saturated rings. The van der Waals surface area contributed by atoms with Crippen LogP contribution in [0.25, 0.3) is 11.1 Å². The number of aliphatic hydroxyl groups excluding tert-OH is 1. The van der Waals surface area contributed by atoms with E-state index < -0.39 is 12.1 Å². The van der Waals surface area contributed by atoms with E-state index in [9.17, 15) is 20.0 Å². The summed E-state index contributed by atoms with van der Waals surface area (Å²) in [6.45, 7) is 2.29. The van der Waals surface area contributed by atoms with E-state index in [0.717, 1.165) is 23.1 Å². The molecule has 0 aliphatic carbocycles. The molecule has 2 N–H and O–H groups in total. The molecule has 3 rings (SSSR count). The van der Waals surface area contributed by atoms with Crippen LogP contribution < -0.4 is 5.32 Å². The highest BCUT2D eigenvalue weighted by atomic mass is 16.3. The molecule has 1 saturated heterocycles. The van der Waals surface area contributed by atoms with Crippen LogP contribution >= 0.6 is 0 Å². The van der Waals surface area contributed by atoms with Crippen LogP contribution in [-0.4, -0.2) is 66.2 Å². The first-order valence-corrected chi connectivity index (χ1v) is 10.4. The molecule has 162 valence electrons. The Morgan fingerprint density at radius 1 is 1.10 bits per heavy atom. The summed E-state index contributed by atoms with van der Waals surface area (Å²) < 4.78 is 0. The highest BCUT2D eigenvalue weighted by molar-refractivity contribution is 5.94. The van der Waals surface area contributed by atoms with Gasteiger partial charge in [0.2, 0.25) is 0 Å². The number of nitrogens with zero attached hydrogens (tertiary/aromatic N) is 3. The largest absolute Gasteiger partial charge is 0.394 e. The lowest BCUT2D eigenvalue weighted by Crippen LogP contribution is -2.67. The van der Waals surface area contributed by atoms with Crippen LogP contribution in [0, 0.1) is 11.3 Å². The molecule has 7 heteroatoms. The maximum absolute atomic E-state index is 12.4. The zero-order valence-electron chi connectivity index (χ0n) is 18.1. The van der Waals surface area contributed by atoms with Gasteiger partial charge < -0.3 is 20.2 Å². The Balaban J connectivity index is 1.77. The number of nitrogens with one attached hydrogen (secondary N) is 1. The molecule has 0 radical (unpaired) electrons. The zero-order chi connectivity index (χ0) is 22.5. The SMILES string of the molecule is CCCNC(=O)N1[C@H](C#N)[C@H](c2ccc(-c3ccc(C(=O)N(C)C)cc3)cc2)[C@@H]1CO. The molecule has 1 aliphatic heterocycles. The molecule has 2 aromatic carbocycles. The Morgan fingerprint density at radius 3 is 2.16 bits per heavy atom. The van der Waals surface area contributed by atoms with Gasteiger partial charge in [0.25, 0.3) is 5.91 Å². The summed E-state index contributed by atoms with van der Waals surface area (Å²) in [4.78, 5) is 27.4. The molecule has 0 unspecified atom stereocenters. The van der Waals surface area contributed by atoms with E-state index in [1.165, 1.54) is 9.80 Å². The van der Waals surface area contributed by atoms with Gasteiger partial charge in [0.1, 0.15) is 6.04 Å².